The van der Waals surface area contributed by atoms with Crippen molar-refractivity contribution in [2.75, 3.05) is 31.5 Å². The Bertz CT molecular complexity index is 574. The minimum Gasteiger partial charge on any atom is -0.339 e. The van der Waals surface area contributed by atoms with E-state index in [9.17, 15) is 14.4 Å². The van der Waals surface area contributed by atoms with Crippen LogP contribution in [-0.2, 0) is 9.59 Å². The molecule has 22 heavy (non-hydrogen) atoms. The van der Waals surface area contributed by atoms with Crippen molar-refractivity contribution in [1.29, 1.82) is 0 Å². The topological polar surface area (TPSA) is 69.7 Å². The third-order valence-corrected chi connectivity index (χ3v) is 4.48. The highest BCUT2D eigenvalue weighted by Crippen LogP contribution is 2.23. The Morgan fingerprint density at radius 3 is 2.23 bits per heavy atom. The molecule has 2 heterocycles. The second-order valence-electron chi connectivity index (χ2n) is 5.62. The van der Waals surface area contributed by atoms with E-state index in [2.05, 4.69) is 5.32 Å². The predicted octanol–water partition coefficient (Wildman–Crippen LogP) is 1.65. The van der Waals surface area contributed by atoms with Crippen LogP contribution in [0, 0.1) is 5.92 Å². The van der Waals surface area contributed by atoms with E-state index in [1.807, 2.05) is 18.7 Å². The summed E-state index contributed by atoms with van der Waals surface area (Å²) in [5.41, 5.74) is 0. The fourth-order valence-corrected chi connectivity index (χ4v) is 3.26. The Hall–Kier alpha value is -1.89. The van der Waals surface area contributed by atoms with Crippen LogP contribution in [0.4, 0.5) is 5.00 Å². The van der Waals surface area contributed by atoms with Gasteiger partial charge in [-0.1, -0.05) is 13.8 Å². The van der Waals surface area contributed by atoms with E-state index in [1.165, 1.54) is 18.3 Å². The van der Waals surface area contributed by atoms with Crippen LogP contribution in [0.5, 0.6) is 0 Å². The molecule has 6 nitrogen and oxygen atoms in total. The molecule has 0 radical (unpaired) electrons. The number of piperazine rings is 1. The van der Waals surface area contributed by atoms with E-state index in [0.717, 1.165) is 0 Å². The number of thiophene rings is 1. The van der Waals surface area contributed by atoms with Crippen LogP contribution in [0.3, 0.4) is 0 Å². The minimum atomic E-state index is -0.151. The van der Waals surface area contributed by atoms with E-state index in [-0.39, 0.29) is 23.6 Å². The normalized spacial score (nSPS) is 15.1. The molecule has 0 atom stereocenters. The van der Waals surface area contributed by atoms with Crippen LogP contribution in [0.1, 0.15) is 30.4 Å². The van der Waals surface area contributed by atoms with Crippen molar-refractivity contribution >= 4 is 34.1 Å². The standard InChI is InChI=1S/C15H21N3O3S/c1-10(2)14(20)17-6-8-18(9-7-17)15(21)12-4-5-13(22-12)16-11(3)19/h4-5,10H,6-9H2,1-3H3,(H,16,19). The largest absolute Gasteiger partial charge is 0.339 e. The molecule has 120 valence electrons. The number of anilines is 1. The van der Waals surface area contributed by atoms with Crippen molar-refractivity contribution in [3.05, 3.63) is 17.0 Å². The summed E-state index contributed by atoms with van der Waals surface area (Å²) in [6.07, 6.45) is 0. The molecule has 1 aromatic heterocycles. The van der Waals surface area contributed by atoms with Gasteiger partial charge in [-0.25, -0.2) is 0 Å². The van der Waals surface area contributed by atoms with Gasteiger partial charge in [0.25, 0.3) is 5.91 Å². The lowest BCUT2D eigenvalue weighted by atomic mass is 10.1. The van der Waals surface area contributed by atoms with Crippen molar-refractivity contribution < 1.29 is 14.4 Å². The first kappa shape index (κ1) is 16.5. The SMILES string of the molecule is CC(=O)Nc1ccc(C(=O)N2CCN(C(=O)C(C)C)CC2)s1. The van der Waals surface area contributed by atoms with Gasteiger partial charge in [-0.3, -0.25) is 14.4 Å². The smallest absolute Gasteiger partial charge is 0.264 e. The zero-order chi connectivity index (χ0) is 16.3. The molecule has 1 saturated heterocycles. The first-order chi connectivity index (χ1) is 10.4. The van der Waals surface area contributed by atoms with Gasteiger partial charge in [-0.2, -0.15) is 0 Å². The fourth-order valence-electron chi connectivity index (χ4n) is 2.34. The number of amides is 3. The number of carbonyl (C=O) groups is 3. The second-order valence-corrected chi connectivity index (χ2v) is 6.70. The van der Waals surface area contributed by atoms with Gasteiger partial charge in [0.1, 0.15) is 0 Å². The fraction of sp³-hybridized carbons (Fsp3) is 0.533. The molecular weight excluding hydrogens is 302 g/mol. The molecule has 0 aliphatic carbocycles. The lowest BCUT2D eigenvalue weighted by Crippen LogP contribution is -2.51. The number of carbonyl (C=O) groups excluding carboxylic acids is 3. The highest BCUT2D eigenvalue weighted by molar-refractivity contribution is 7.18. The monoisotopic (exact) mass is 323 g/mol. The molecule has 1 aliphatic heterocycles. The average molecular weight is 323 g/mol. The summed E-state index contributed by atoms with van der Waals surface area (Å²) in [5, 5.41) is 3.34. The van der Waals surface area contributed by atoms with Gasteiger partial charge in [-0.15, -0.1) is 11.3 Å². The zero-order valence-corrected chi connectivity index (χ0v) is 13.9. The average Bonchev–Trinajstić information content (AvgIpc) is 2.93. The molecule has 1 fully saturated rings. The van der Waals surface area contributed by atoms with Crippen LogP contribution in [0.25, 0.3) is 0 Å². The van der Waals surface area contributed by atoms with Gasteiger partial charge in [0.2, 0.25) is 11.8 Å². The van der Waals surface area contributed by atoms with Crippen molar-refractivity contribution in [3.63, 3.8) is 0 Å². The van der Waals surface area contributed by atoms with Crippen molar-refractivity contribution in [2.45, 2.75) is 20.8 Å². The van der Waals surface area contributed by atoms with Crippen LogP contribution >= 0.6 is 11.3 Å². The van der Waals surface area contributed by atoms with E-state index in [1.54, 1.807) is 17.0 Å². The Morgan fingerprint density at radius 1 is 1.09 bits per heavy atom. The first-order valence-corrected chi connectivity index (χ1v) is 8.15. The quantitative estimate of drug-likeness (QED) is 0.919. The van der Waals surface area contributed by atoms with Crippen LogP contribution < -0.4 is 5.32 Å². The minimum absolute atomic E-state index is 0.0141. The molecule has 1 aromatic rings. The number of hydrogen-bond acceptors (Lipinski definition) is 4. The number of nitrogens with one attached hydrogen (secondary N) is 1. The van der Waals surface area contributed by atoms with Gasteiger partial charge >= 0.3 is 0 Å². The molecule has 0 bridgehead atoms. The van der Waals surface area contributed by atoms with Gasteiger partial charge in [-0.05, 0) is 12.1 Å². The van der Waals surface area contributed by atoms with Gasteiger partial charge in [0, 0.05) is 39.0 Å². The third kappa shape index (κ3) is 3.85. The Labute approximate surface area is 134 Å². The van der Waals surface area contributed by atoms with Gasteiger partial charge < -0.3 is 15.1 Å². The van der Waals surface area contributed by atoms with Crippen LogP contribution in [0.2, 0.25) is 0 Å². The maximum Gasteiger partial charge on any atom is 0.264 e. The van der Waals surface area contributed by atoms with Crippen LogP contribution in [-0.4, -0.2) is 53.7 Å². The molecule has 3 amide bonds. The highest BCUT2D eigenvalue weighted by Gasteiger charge is 2.26. The zero-order valence-electron chi connectivity index (χ0n) is 13.1. The molecule has 1 aliphatic rings. The number of rotatable bonds is 3. The Kier molecular flexibility index (Phi) is 5.18. The second kappa shape index (κ2) is 6.91. The maximum absolute atomic E-state index is 12.4. The molecule has 2 rings (SSSR count). The van der Waals surface area contributed by atoms with Crippen molar-refractivity contribution in [3.8, 4) is 0 Å². The number of nitrogens with zero attached hydrogens (tertiary/aromatic N) is 2. The maximum atomic E-state index is 12.4. The van der Waals surface area contributed by atoms with E-state index in [0.29, 0.717) is 36.1 Å². The molecule has 0 saturated carbocycles. The summed E-state index contributed by atoms with van der Waals surface area (Å²) in [7, 11) is 0. The first-order valence-electron chi connectivity index (χ1n) is 7.34. The van der Waals surface area contributed by atoms with Crippen LogP contribution in [0.15, 0.2) is 12.1 Å². The summed E-state index contributed by atoms with van der Waals surface area (Å²) in [5.74, 6) is -0.0733. The molecule has 1 N–H and O–H groups in total. The van der Waals surface area contributed by atoms with Gasteiger partial charge in [0.15, 0.2) is 0 Å². The molecular formula is C15H21N3O3S. The molecule has 0 aromatic carbocycles. The van der Waals surface area contributed by atoms with Crippen molar-refractivity contribution in [2.24, 2.45) is 5.92 Å². The Balaban J connectivity index is 1.93. The lowest BCUT2D eigenvalue weighted by molar-refractivity contribution is -0.135. The summed E-state index contributed by atoms with van der Waals surface area (Å²) in [4.78, 5) is 39.5. The molecule has 7 heteroatoms. The third-order valence-electron chi connectivity index (χ3n) is 3.49. The summed E-state index contributed by atoms with van der Waals surface area (Å²) in [6, 6.07) is 3.46. The predicted molar refractivity (Wildman–Crippen MR) is 85.9 cm³/mol. The van der Waals surface area contributed by atoms with E-state index >= 15 is 0 Å². The van der Waals surface area contributed by atoms with E-state index < -0.39 is 0 Å². The molecule has 0 unspecified atom stereocenters. The summed E-state index contributed by atoms with van der Waals surface area (Å²) in [6.45, 7) is 7.45. The van der Waals surface area contributed by atoms with E-state index in [4.69, 9.17) is 0 Å². The number of hydrogen-bond donors (Lipinski definition) is 1. The lowest BCUT2D eigenvalue weighted by Gasteiger charge is -2.35. The van der Waals surface area contributed by atoms with Crippen molar-refractivity contribution in [1.82, 2.24) is 9.80 Å². The Morgan fingerprint density at radius 2 is 1.68 bits per heavy atom. The van der Waals surface area contributed by atoms with Gasteiger partial charge in [0.05, 0.1) is 9.88 Å². The summed E-state index contributed by atoms with van der Waals surface area (Å²) < 4.78 is 0. The summed E-state index contributed by atoms with van der Waals surface area (Å²) >= 11 is 1.27. The highest BCUT2D eigenvalue weighted by atomic mass is 32.1. The molecule has 0 spiro atoms.